The summed E-state index contributed by atoms with van der Waals surface area (Å²) in [5, 5.41) is 10.7. The van der Waals surface area contributed by atoms with Crippen LogP contribution in [0.4, 0.5) is 0 Å². The highest BCUT2D eigenvalue weighted by Crippen LogP contribution is 1.96. The SMILES string of the molecule is Cc1ccn([O-])c(=S(=O)=O)c1. The quantitative estimate of drug-likeness (QED) is 0.537. The summed E-state index contributed by atoms with van der Waals surface area (Å²) in [5.41, 5.74) is 0.747. The van der Waals surface area contributed by atoms with Gasteiger partial charge >= 0.3 is 0 Å². The summed E-state index contributed by atoms with van der Waals surface area (Å²) < 4.78 is 20.8. The molecule has 0 saturated carbocycles. The molecule has 0 spiro atoms. The van der Waals surface area contributed by atoms with Crippen LogP contribution in [0.3, 0.4) is 0 Å². The van der Waals surface area contributed by atoms with E-state index >= 15 is 0 Å². The normalized spacial score (nSPS) is 9.55. The third kappa shape index (κ3) is 1.62. The highest BCUT2D eigenvalue weighted by atomic mass is 32.2. The molecule has 0 N–H and O–H groups in total. The zero-order valence-corrected chi connectivity index (χ0v) is 6.63. The maximum Gasteiger partial charge on any atom is 0.238 e. The van der Waals surface area contributed by atoms with Crippen LogP contribution in [0, 0.1) is 16.8 Å². The smallest absolute Gasteiger partial charge is 0.238 e. The maximum atomic E-state index is 10.7. The van der Waals surface area contributed by atoms with E-state index in [1.165, 1.54) is 12.3 Å². The Morgan fingerprint density at radius 1 is 1.55 bits per heavy atom. The van der Waals surface area contributed by atoms with Crippen LogP contribution in [0.5, 0.6) is 0 Å². The van der Waals surface area contributed by atoms with Crippen LogP contribution in [-0.4, -0.2) is 13.1 Å². The lowest BCUT2D eigenvalue weighted by atomic mass is 10.3. The Morgan fingerprint density at radius 2 is 2.18 bits per heavy atom. The van der Waals surface area contributed by atoms with Gasteiger partial charge in [0.1, 0.15) is 0 Å². The molecule has 1 aromatic heterocycles. The van der Waals surface area contributed by atoms with Crippen molar-refractivity contribution in [2.75, 3.05) is 0 Å². The zero-order valence-electron chi connectivity index (χ0n) is 5.81. The van der Waals surface area contributed by atoms with Gasteiger partial charge in [-0.2, -0.15) is 8.42 Å². The van der Waals surface area contributed by atoms with Gasteiger partial charge in [-0.05, 0) is 30.8 Å². The van der Waals surface area contributed by atoms with Gasteiger partial charge in [0.05, 0.1) is 0 Å². The molecule has 0 unspecified atom stereocenters. The van der Waals surface area contributed by atoms with E-state index in [-0.39, 0.29) is 4.64 Å². The minimum atomic E-state index is -2.45. The van der Waals surface area contributed by atoms with Crippen LogP contribution < -0.4 is 0 Å². The molecule has 1 aromatic rings. The summed E-state index contributed by atoms with van der Waals surface area (Å²) in [6, 6.07) is 2.86. The van der Waals surface area contributed by atoms with Gasteiger partial charge in [-0.25, -0.2) is 0 Å². The van der Waals surface area contributed by atoms with E-state index < -0.39 is 10.3 Å². The fraction of sp³-hybridized carbons (Fsp3) is 0.167. The zero-order chi connectivity index (χ0) is 8.43. The van der Waals surface area contributed by atoms with Crippen LogP contribution in [0.2, 0.25) is 0 Å². The first-order valence-corrected chi connectivity index (χ1v) is 3.98. The second-order valence-electron chi connectivity index (χ2n) is 2.10. The van der Waals surface area contributed by atoms with E-state index in [0.29, 0.717) is 4.73 Å². The Balaban J connectivity index is 3.77. The standard InChI is InChI=1S/C6H6NO3S/c1-5-2-3-7(8)6(4-5)11(9)10/h2-4H,1H3/q-1. The second kappa shape index (κ2) is 2.79. The number of aromatic nitrogens is 1. The van der Waals surface area contributed by atoms with Gasteiger partial charge in [0.25, 0.3) is 0 Å². The van der Waals surface area contributed by atoms with E-state index in [1.54, 1.807) is 13.0 Å². The van der Waals surface area contributed by atoms with Crippen LogP contribution >= 0.6 is 0 Å². The number of pyridine rings is 1. The van der Waals surface area contributed by atoms with Crippen molar-refractivity contribution in [2.45, 2.75) is 6.92 Å². The summed E-state index contributed by atoms with van der Waals surface area (Å²) in [4.78, 5) is 0. The molecular formula is C6H6NO3S-. The van der Waals surface area contributed by atoms with E-state index in [4.69, 9.17) is 0 Å². The molecule has 5 heteroatoms. The minimum absolute atomic E-state index is 0.245. The van der Waals surface area contributed by atoms with Crippen molar-refractivity contribution in [2.24, 2.45) is 0 Å². The molecule has 1 heterocycles. The fourth-order valence-corrected chi connectivity index (χ4v) is 1.18. The van der Waals surface area contributed by atoms with Crippen molar-refractivity contribution in [3.63, 3.8) is 0 Å². The summed E-state index contributed by atoms with van der Waals surface area (Å²) >= 11 is 0. The molecule has 0 aliphatic heterocycles. The molecule has 0 radical (unpaired) electrons. The van der Waals surface area contributed by atoms with Crippen LogP contribution in [-0.2, 0) is 10.3 Å². The Hall–Kier alpha value is -1.23. The van der Waals surface area contributed by atoms with Crippen LogP contribution in [0.1, 0.15) is 5.56 Å². The van der Waals surface area contributed by atoms with Crippen molar-refractivity contribution >= 4 is 10.3 Å². The van der Waals surface area contributed by atoms with Gasteiger partial charge in [0.15, 0.2) is 4.64 Å². The number of hydrogen-bond donors (Lipinski definition) is 0. The molecule has 4 nitrogen and oxygen atoms in total. The molecule has 60 valence electrons. The third-order valence-electron chi connectivity index (χ3n) is 1.21. The first-order chi connectivity index (χ1) is 5.11. The lowest BCUT2D eigenvalue weighted by molar-refractivity contribution is 0.623. The summed E-state index contributed by atoms with van der Waals surface area (Å²) in [6.45, 7) is 1.72. The Bertz CT molecular complexity index is 421. The molecule has 0 atom stereocenters. The van der Waals surface area contributed by atoms with Gasteiger partial charge in [-0.1, -0.05) is 0 Å². The Morgan fingerprint density at radius 3 is 2.64 bits per heavy atom. The van der Waals surface area contributed by atoms with Gasteiger partial charge in [0.2, 0.25) is 10.3 Å². The van der Waals surface area contributed by atoms with Gasteiger partial charge in [0, 0.05) is 0 Å². The first-order valence-electron chi connectivity index (χ1n) is 2.90. The highest BCUT2D eigenvalue weighted by molar-refractivity contribution is 7.63. The van der Waals surface area contributed by atoms with Crippen LogP contribution in [0.25, 0.3) is 0 Å². The van der Waals surface area contributed by atoms with Crippen molar-refractivity contribution in [1.29, 1.82) is 0 Å². The van der Waals surface area contributed by atoms with Crippen molar-refractivity contribution < 1.29 is 8.42 Å². The van der Waals surface area contributed by atoms with Gasteiger partial charge in [-0.15, -0.1) is 0 Å². The molecule has 11 heavy (non-hydrogen) atoms. The molecule has 0 amide bonds. The van der Waals surface area contributed by atoms with E-state index in [0.717, 1.165) is 5.56 Å². The van der Waals surface area contributed by atoms with Crippen molar-refractivity contribution in [3.8, 4) is 0 Å². The first kappa shape index (κ1) is 7.87. The minimum Gasteiger partial charge on any atom is -0.805 e. The average molecular weight is 172 g/mol. The molecule has 0 bridgehead atoms. The molecule has 0 aromatic carbocycles. The monoisotopic (exact) mass is 172 g/mol. The summed E-state index contributed by atoms with van der Waals surface area (Å²) in [7, 11) is -2.45. The summed E-state index contributed by atoms with van der Waals surface area (Å²) in [5.74, 6) is 0. The van der Waals surface area contributed by atoms with Gasteiger partial charge < -0.3 is 9.94 Å². The van der Waals surface area contributed by atoms with Crippen molar-refractivity contribution in [1.82, 2.24) is 4.73 Å². The Kier molecular flexibility index (Phi) is 2.00. The molecule has 0 aliphatic rings. The second-order valence-corrected chi connectivity index (χ2v) is 2.99. The predicted molar refractivity (Wildman–Crippen MR) is 40.1 cm³/mol. The topological polar surface area (TPSA) is 62.1 Å². The molecule has 0 saturated heterocycles. The largest absolute Gasteiger partial charge is 0.805 e. The summed E-state index contributed by atoms with van der Waals surface area (Å²) in [6.07, 6.45) is 1.17. The fourth-order valence-electron chi connectivity index (χ4n) is 0.687. The van der Waals surface area contributed by atoms with Gasteiger partial charge in [-0.3, -0.25) is 0 Å². The number of hydrogen-bond acceptors (Lipinski definition) is 3. The predicted octanol–water partition coefficient (Wildman–Crippen LogP) is 0.554. The number of nitrogens with zero attached hydrogens (tertiary/aromatic N) is 1. The average Bonchev–Trinajstić information content (AvgIpc) is 1.94. The lowest BCUT2D eigenvalue weighted by Gasteiger charge is -2.08. The van der Waals surface area contributed by atoms with E-state index in [2.05, 4.69) is 0 Å². The Labute approximate surface area is 64.8 Å². The van der Waals surface area contributed by atoms with Crippen molar-refractivity contribution in [3.05, 3.63) is 33.7 Å². The third-order valence-corrected chi connectivity index (χ3v) is 1.85. The van der Waals surface area contributed by atoms with E-state index in [9.17, 15) is 13.6 Å². The highest BCUT2D eigenvalue weighted by Gasteiger charge is 1.85. The molecule has 0 fully saturated rings. The van der Waals surface area contributed by atoms with E-state index in [1.807, 2.05) is 0 Å². The molecular weight excluding hydrogens is 166 g/mol. The number of rotatable bonds is 0. The molecule has 1 rings (SSSR count). The number of aryl methyl sites for hydroxylation is 1. The lowest BCUT2D eigenvalue weighted by Crippen LogP contribution is -1.91. The van der Waals surface area contributed by atoms with Crippen LogP contribution in [0.15, 0.2) is 18.3 Å². The maximum absolute atomic E-state index is 10.7. The molecule has 0 aliphatic carbocycles.